The Morgan fingerprint density at radius 1 is 1.08 bits per heavy atom. The van der Waals surface area contributed by atoms with Crippen LogP contribution in [-0.4, -0.2) is 12.6 Å². The molecular formula is C12H27N. The first-order valence-electron chi connectivity index (χ1n) is 5.94. The van der Waals surface area contributed by atoms with E-state index < -0.39 is 0 Å². The van der Waals surface area contributed by atoms with Crippen LogP contribution in [0.3, 0.4) is 0 Å². The highest BCUT2D eigenvalue weighted by Gasteiger charge is 2.05. The number of rotatable bonds is 8. The van der Waals surface area contributed by atoms with Crippen molar-refractivity contribution in [3.05, 3.63) is 0 Å². The molecule has 0 aliphatic carbocycles. The van der Waals surface area contributed by atoms with E-state index in [9.17, 15) is 0 Å². The van der Waals surface area contributed by atoms with Gasteiger partial charge >= 0.3 is 0 Å². The molecule has 0 aliphatic heterocycles. The maximum atomic E-state index is 3.58. The van der Waals surface area contributed by atoms with Gasteiger partial charge in [0.05, 0.1) is 0 Å². The number of unbranched alkanes of at least 4 members (excludes halogenated alkanes) is 2. The Kier molecular flexibility index (Phi) is 8.53. The summed E-state index contributed by atoms with van der Waals surface area (Å²) in [5, 5.41) is 3.58. The van der Waals surface area contributed by atoms with Crippen LogP contribution in [0.4, 0.5) is 0 Å². The van der Waals surface area contributed by atoms with E-state index in [1.54, 1.807) is 0 Å². The predicted octanol–water partition coefficient (Wildman–Crippen LogP) is 3.59. The summed E-state index contributed by atoms with van der Waals surface area (Å²) in [6.45, 7) is 10.4. The molecule has 0 radical (unpaired) electrons. The van der Waals surface area contributed by atoms with Gasteiger partial charge in [-0.1, -0.05) is 40.0 Å². The molecule has 2 unspecified atom stereocenters. The van der Waals surface area contributed by atoms with Crippen molar-refractivity contribution in [1.82, 2.24) is 5.32 Å². The lowest BCUT2D eigenvalue weighted by Gasteiger charge is -2.17. The van der Waals surface area contributed by atoms with Crippen molar-refractivity contribution in [2.75, 3.05) is 6.54 Å². The van der Waals surface area contributed by atoms with Gasteiger partial charge < -0.3 is 5.32 Å². The molecule has 13 heavy (non-hydrogen) atoms. The summed E-state index contributed by atoms with van der Waals surface area (Å²) in [4.78, 5) is 0. The van der Waals surface area contributed by atoms with Crippen molar-refractivity contribution in [1.29, 1.82) is 0 Å². The quantitative estimate of drug-likeness (QED) is 0.570. The summed E-state index contributed by atoms with van der Waals surface area (Å²) in [5.74, 6) is 0.869. The van der Waals surface area contributed by atoms with E-state index in [1.165, 1.54) is 38.6 Å². The van der Waals surface area contributed by atoms with Gasteiger partial charge in [0, 0.05) is 6.04 Å². The third-order valence-electron chi connectivity index (χ3n) is 2.73. The third kappa shape index (κ3) is 8.29. The molecule has 0 aromatic heterocycles. The van der Waals surface area contributed by atoms with Gasteiger partial charge in [0.1, 0.15) is 0 Å². The molecule has 1 heteroatoms. The minimum absolute atomic E-state index is 0.701. The highest BCUT2D eigenvalue weighted by atomic mass is 14.9. The lowest BCUT2D eigenvalue weighted by molar-refractivity contribution is 0.409. The molecule has 0 heterocycles. The first kappa shape index (κ1) is 13.0. The topological polar surface area (TPSA) is 12.0 Å². The van der Waals surface area contributed by atoms with E-state index in [0.29, 0.717) is 6.04 Å². The Morgan fingerprint density at radius 3 is 2.31 bits per heavy atom. The highest BCUT2D eigenvalue weighted by Crippen LogP contribution is 2.09. The molecule has 0 fully saturated rings. The largest absolute Gasteiger partial charge is 0.314 e. The summed E-state index contributed by atoms with van der Waals surface area (Å²) >= 11 is 0. The van der Waals surface area contributed by atoms with Crippen LogP contribution in [0.1, 0.15) is 59.8 Å². The van der Waals surface area contributed by atoms with Gasteiger partial charge in [0.25, 0.3) is 0 Å². The zero-order valence-electron chi connectivity index (χ0n) is 9.90. The molecule has 2 atom stereocenters. The molecule has 0 saturated heterocycles. The van der Waals surface area contributed by atoms with Crippen LogP contribution in [0.2, 0.25) is 0 Å². The Labute approximate surface area is 84.3 Å². The van der Waals surface area contributed by atoms with Gasteiger partial charge in [-0.15, -0.1) is 0 Å². The maximum Gasteiger partial charge on any atom is 0.00412 e. The summed E-state index contributed by atoms with van der Waals surface area (Å²) in [6, 6.07) is 0.701. The molecule has 0 spiro atoms. The fourth-order valence-electron chi connectivity index (χ4n) is 1.58. The van der Waals surface area contributed by atoms with Gasteiger partial charge in [-0.2, -0.15) is 0 Å². The molecule has 1 nitrogen and oxygen atoms in total. The zero-order chi connectivity index (χ0) is 10.1. The van der Waals surface area contributed by atoms with Crippen molar-refractivity contribution in [3.63, 3.8) is 0 Å². The number of nitrogens with one attached hydrogen (secondary N) is 1. The lowest BCUT2D eigenvalue weighted by Crippen LogP contribution is -2.28. The van der Waals surface area contributed by atoms with Crippen LogP contribution >= 0.6 is 0 Å². The summed E-state index contributed by atoms with van der Waals surface area (Å²) in [5.41, 5.74) is 0. The third-order valence-corrected chi connectivity index (χ3v) is 2.73. The van der Waals surface area contributed by atoms with E-state index >= 15 is 0 Å². The van der Waals surface area contributed by atoms with E-state index in [2.05, 4.69) is 33.0 Å². The molecule has 0 bridgehead atoms. The van der Waals surface area contributed by atoms with Crippen LogP contribution in [0.25, 0.3) is 0 Å². The molecular weight excluding hydrogens is 158 g/mol. The fourth-order valence-corrected chi connectivity index (χ4v) is 1.58. The van der Waals surface area contributed by atoms with Crippen LogP contribution < -0.4 is 5.32 Å². The Hall–Kier alpha value is -0.0400. The standard InChI is InChI=1S/C12H27N/c1-5-7-8-9-13-12(4)10-11(3)6-2/h11-13H,5-10H2,1-4H3. The van der Waals surface area contributed by atoms with Crippen LogP contribution in [-0.2, 0) is 0 Å². The van der Waals surface area contributed by atoms with Gasteiger partial charge in [-0.05, 0) is 32.2 Å². The first-order valence-corrected chi connectivity index (χ1v) is 5.94. The molecule has 1 N–H and O–H groups in total. The second-order valence-electron chi connectivity index (χ2n) is 4.31. The second kappa shape index (κ2) is 8.55. The minimum Gasteiger partial charge on any atom is -0.314 e. The van der Waals surface area contributed by atoms with E-state index in [-0.39, 0.29) is 0 Å². The monoisotopic (exact) mass is 185 g/mol. The van der Waals surface area contributed by atoms with Crippen molar-refractivity contribution in [3.8, 4) is 0 Å². The van der Waals surface area contributed by atoms with Gasteiger partial charge in [0.2, 0.25) is 0 Å². The normalized spacial score (nSPS) is 15.7. The van der Waals surface area contributed by atoms with Crippen LogP contribution in [0.5, 0.6) is 0 Å². The van der Waals surface area contributed by atoms with Crippen molar-refractivity contribution in [2.24, 2.45) is 5.92 Å². The minimum atomic E-state index is 0.701. The number of hydrogen-bond donors (Lipinski definition) is 1. The van der Waals surface area contributed by atoms with Gasteiger partial charge in [-0.25, -0.2) is 0 Å². The average molecular weight is 185 g/mol. The predicted molar refractivity (Wildman–Crippen MR) is 61.1 cm³/mol. The first-order chi connectivity index (χ1) is 6.20. The van der Waals surface area contributed by atoms with Crippen molar-refractivity contribution in [2.45, 2.75) is 65.8 Å². The van der Waals surface area contributed by atoms with E-state index in [0.717, 1.165) is 5.92 Å². The van der Waals surface area contributed by atoms with Crippen LogP contribution in [0, 0.1) is 5.92 Å². The Bertz CT molecular complexity index is 101. The number of hydrogen-bond acceptors (Lipinski definition) is 1. The fraction of sp³-hybridized carbons (Fsp3) is 1.00. The van der Waals surface area contributed by atoms with Crippen LogP contribution in [0.15, 0.2) is 0 Å². The highest BCUT2D eigenvalue weighted by molar-refractivity contribution is 4.64. The van der Waals surface area contributed by atoms with E-state index in [4.69, 9.17) is 0 Å². The van der Waals surface area contributed by atoms with Gasteiger partial charge in [0.15, 0.2) is 0 Å². The Balaban J connectivity index is 3.24. The molecule has 0 aromatic carbocycles. The zero-order valence-corrected chi connectivity index (χ0v) is 9.90. The maximum absolute atomic E-state index is 3.58. The molecule has 80 valence electrons. The molecule has 0 aromatic rings. The molecule has 0 amide bonds. The molecule has 0 aliphatic rings. The molecule has 0 saturated carbocycles. The molecule has 0 rings (SSSR count). The summed E-state index contributed by atoms with van der Waals surface area (Å²) in [6.07, 6.45) is 6.65. The summed E-state index contributed by atoms with van der Waals surface area (Å²) < 4.78 is 0. The summed E-state index contributed by atoms with van der Waals surface area (Å²) in [7, 11) is 0. The smallest absolute Gasteiger partial charge is 0.00412 e. The van der Waals surface area contributed by atoms with Gasteiger partial charge in [-0.3, -0.25) is 0 Å². The SMILES string of the molecule is CCCCCNC(C)CC(C)CC. The lowest BCUT2D eigenvalue weighted by atomic mass is 10.0. The van der Waals surface area contributed by atoms with Crippen molar-refractivity contribution < 1.29 is 0 Å². The Morgan fingerprint density at radius 2 is 1.77 bits per heavy atom. The van der Waals surface area contributed by atoms with E-state index in [1.807, 2.05) is 0 Å². The second-order valence-corrected chi connectivity index (χ2v) is 4.31. The average Bonchev–Trinajstić information content (AvgIpc) is 2.12. The van der Waals surface area contributed by atoms with Crippen molar-refractivity contribution >= 4 is 0 Å².